The summed E-state index contributed by atoms with van der Waals surface area (Å²) in [5.74, 6) is -0.166. The summed E-state index contributed by atoms with van der Waals surface area (Å²) in [6, 6.07) is 5.64. The van der Waals surface area contributed by atoms with Crippen LogP contribution in [0.3, 0.4) is 0 Å². The first-order valence-corrected chi connectivity index (χ1v) is 13.2. The molecule has 0 radical (unpaired) electrons. The second-order valence-corrected chi connectivity index (χ2v) is 11.6. The number of pyridine rings is 2. The lowest BCUT2D eigenvalue weighted by molar-refractivity contribution is -0.137. The van der Waals surface area contributed by atoms with E-state index < -0.39 is 32.9 Å². The lowest BCUT2D eigenvalue weighted by Gasteiger charge is -2.32. The van der Waals surface area contributed by atoms with Crippen molar-refractivity contribution in [2.45, 2.75) is 51.0 Å². The van der Waals surface area contributed by atoms with Gasteiger partial charge in [0.1, 0.15) is 0 Å². The molecule has 0 bridgehead atoms. The molecule has 198 valence electrons. The number of carbonyl (C=O) groups is 1. The number of rotatable bonds is 6. The smallest absolute Gasteiger partial charge is 0.320 e. The fraction of sp³-hybridized carbons (Fsp3) is 0.417. The molecule has 9 nitrogen and oxygen atoms in total. The van der Waals surface area contributed by atoms with E-state index in [1.807, 2.05) is 6.07 Å². The van der Waals surface area contributed by atoms with Gasteiger partial charge in [-0.15, -0.1) is 0 Å². The third-order valence-corrected chi connectivity index (χ3v) is 8.70. The van der Waals surface area contributed by atoms with Crippen LogP contribution < -0.4 is 5.32 Å². The summed E-state index contributed by atoms with van der Waals surface area (Å²) in [6.45, 7) is 5.86. The number of piperidine rings is 1. The number of halogens is 3. The first-order chi connectivity index (χ1) is 17.4. The normalized spacial score (nSPS) is 15.8. The molecule has 0 atom stereocenters. The molecule has 1 aliphatic rings. The molecule has 1 amide bonds. The van der Waals surface area contributed by atoms with Crippen LogP contribution in [-0.2, 0) is 16.2 Å². The Labute approximate surface area is 212 Å². The Hall–Kier alpha value is -3.32. The number of amides is 1. The molecular weight excluding hydrogens is 509 g/mol. The molecule has 0 saturated carbocycles. The summed E-state index contributed by atoms with van der Waals surface area (Å²) in [7, 11) is -3.27. The third kappa shape index (κ3) is 5.67. The van der Waals surface area contributed by atoms with Crippen molar-refractivity contribution in [2.75, 3.05) is 18.4 Å². The van der Waals surface area contributed by atoms with Crippen LogP contribution in [0.4, 0.5) is 18.9 Å². The van der Waals surface area contributed by atoms with Crippen molar-refractivity contribution in [3.8, 4) is 5.82 Å². The number of carbonyl (C=O) groups excluding carboxylic acids is 1. The fourth-order valence-electron chi connectivity index (χ4n) is 4.17. The molecule has 1 saturated heterocycles. The Bertz CT molecular complexity index is 1360. The van der Waals surface area contributed by atoms with E-state index in [9.17, 15) is 26.4 Å². The minimum atomic E-state index is -4.49. The highest BCUT2D eigenvalue weighted by Crippen LogP contribution is 2.30. The average molecular weight is 537 g/mol. The molecule has 0 spiro atoms. The van der Waals surface area contributed by atoms with Crippen LogP contribution in [0.2, 0.25) is 0 Å². The second-order valence-electron chi connectivity index (χ2n) is 9.15. The zero-order chi connectivity index (χ0) is 27.0. The molecule has 3 aromatic heterocycles. The fourth-order valence-corrected chi connectivity index (χ4v) is 5.48. The van der Waals surface area contributed by atoms with Gasteiger partial charge in [0.2, 0.25) is 10.0 Å². The molecule has 3 aromatic rings. The van der Waals surface area contributed by atoms with Crippen molar-refractivity contribution >= 4 is 21.6 Å². The van der Waals surface area contributed by atoms with Gasteiger partial charge in [-0.3, -0.25) is 9.78 Å². The maximum Gasteiger partial charge on any atom is 0.417 e. The topological polar surface area (TPSA) is 110 Å². The van der Waals surface area contributed by atoms with Crippen molar-refractivity contribution in [3.63, 3.8) is 0 Å². The third-order valence-electron chi connectivity index (χ3n) is 6.42. The van der Waals surface area contributed by atoms with Gasteiger partial charge in [0.25, 0.3) is 5.91 Å². The van der Waals surface area contributed by atoms with Gasteiger partial charge in [-0.2, -0.15) is 18.3 Å². The van der Waals surface area contributed by atoms with Crippen LogP contribution >= 0.6 is 0 Å². The zero-order valence-corrected chi connectivity index (χ0v) is 21.3. The van der Waals surface area contributed by atoms with Crippen LogP contribution in [0.25, 0.3) is 5.82 Å². The second kappa shape index (κ2) is 10.2. The standard InChI is InChI=1S/C24H27F3N6O3S/c1-15(2)37(35,36)32-10-8-17(9-11-32)21-6-5-19(13-28-21)31-23(34)20-14-30-33(16(20)3)22-7-4-18(12-29-22)24(25,26)27/h4-7,12-15,17H,8-11H2,1-3H3,(H,31,34). The van der Waals surface area contributed by atoms with Gasteiger partial charge in [-0.25, -0.2) is 22.4 Å². The van der Waals surface area contributed by atoms with Crippen molar-refractivity contribution in [1.29, 1.82) is 0 Å². The predicted octanol–water partition coefficient (Wildman–Crippen LogP) is 4.16. The Morgan fingerprint density at radius 1 is 1.05 bits per heavy atom. The Morgan fingerprint density at radius 2 is 1.76 bits per heavy atom. The Kier molecular flexibility index (Phi) is 7.38. The average Bonchev–Trinajstić information content (AvgIpc) is 3.25. The number of anilines is 1. The van der Waals surface area contributed by atoms with Crippen molar-refractivity contribution < 1.29 is 26.4 Å². The molecule has 13 heteroatoms. The molecule has 1 N–H and O–H groups in total. The maximum absolute atomic E-state index is 12.8. The van der Waals surface area contributed by atoms with E-state index >= 15 is 0 Å². The largest absolute Gasteiger partial charge is 0.417 e. The van der Waals surface area contributed by atoms with E-state index in [0.29, 0.717) is 37.3 Å². The number of alkyl halides is 3. The predicted molar refractivity (Wildman–Crippen MR) is 131 cm³/mol. The van der Waals surface area contributed by atoms with E-state index in [1.165, 1.54) is 21.3 Å². The SMILES string of the molecule is Cc1c(C(=O)Nc2ccc(C3CCN(S(=O)(=O)C(C)C)CC3)nc2)cnn1-c1ccc(C(F)(F)F)cn1. The van der Waals surface area contributed by atoms with Gasteiger partial charge in [-0.1, -0.05) is 0 Å². The van der Waals surface area contributed by atoms with Crippen LogP contribution in [0.5, 0.6) is 0 Å². The van der Waals surface area contributed by atoms with E-state index in [1.54, 1.807) is 33.0 Å². The summed E-state index contributed by atoms with van der Waals surface area (Å²) in [6.07, 6.45) is 0.427. The molecule has 1 aliphatic heterocycles. The van der Waals surface area contributed by atoms with E-state index in [2.05, 4.69) is 20.4 Å². The van der Waals surface area contributed by atoms with Gasteiger partial charge in [0.05, 0.1) is 40.2 Å². The Balaban J connectivity index is 1.39. The van der Waals surface area contributed by atoms with Crippen LogP contribution in [0.15, 0.2) is 42.9 Å². The highest BCUT2D eigenvalue weighted by atomic mass is 32.2. The lowest BCUT2D eigenvalue weighted by atomic mass is 9.94. The van der Waals surface area contributed by atoms with Crippen molar-refractivity contribution in [3.05, 3.63) is 65.4 Å². The van der Waals surface area contributed by atoms with Crippen LogP contribution in [-0.4, -0.2) is 56.7 Å². The molecule has 4 heterocycles. The number of hydrogen-bond acceptors (Lipinski definition) is 6. The molecule has 0 aromatic carbocycles. The van der Waals surface area contributed by atoms with Gasteiger partial charge in [-0.05, 0) is 57.9 Å². The minimum absolute atomic E-state index is 0.125. The van der Waals surface area contributed by atoms with Crippen molar-refractivity contribution in [2.24, 2.45) is 0 Å². The summed E-state index contributed by atoms with van der Waals surface area (Å²) in [4.78, 5) is 21.1. The summed E-state index contributed by atoms with van der Waals surface area (Å²) in [5, 5.41) is 6.40. The van der Waals surface area contributed by atoms with Gasteiger partial charge in [0, 0.05) is 30.9 Å². The minimum Gasteiger partial charge on any atom is -0.320 e. The number of aromatic nitrogens is 4. The molecule has 0 unspecified atom stereocenters. The number of sulfonamides is 1. The highest BCUT2D eigenvalue weighted by molar-refractivity contribution is 7.89. The zero-order valence-electron chi connectivity index (χ0n) is 20.5. The first-order valence-electron chi connectivity index (χ1n) is 11.7. The molecule has 1 fully saturated rings. The lowest BCUT2D eigenvalue weighted by Crippen LogP contribution is -2.41. The van der Waals surface area contributed by atoms with Gasteiger partial charge >= 0.3 is 6.18 Å². The van der Waals surface area contributed by atoms with E-state index in [4.69, 9.17) is 0 Å². The summed E-state index contributed by atoms with van der Waals surface area (Å²) in [5.41, 5.74) is 1.08. The van der Waals surface area contributed by atoms with Gasteiger partial charge < -0.3 is 5.32 Å². The molecule has 4 rings (SSSR count). The monoisotopic (exact) mass is 536 g/mol. The number of nitrogens with zero attached hydrogens (tertiary/aromatic N) is 5. The molecule has 0 aliphatic carbocycles. The number of hydrogen-bond donors (Lipinski definition) is 1. The quantitative estimate of drug-likeness (QED) is 0.507. The van der Waals surface area contributed by atoms with E-state index in [0.717, 1.165) is 18.0 Å². The van der Waals surface area contributed by atoms with Crippen LogP contribution in [0.1, 0.15) is 59.9 Å². The maximum atomic E-state index is 12.8. The van der Waals surface area contributed by atoms with E-state index in [-0.39, 0.29) is 17.3 Å². The molecular formula is C24H27F3N6O3S. The molecule has 37 heavy (non-hydrogen) atoms. The Morgan fingerprint density at radius 3 is 2.30 bits per heavy atom. The van der Waals surface area contributed by atoms with Crippen molar-refractivity contribution in [1.82, 2.24) is 24.1 Å². The summed E-state index contributed by atoms with van der Waals surface area (Å²) >= 11 is 0. The van der Waals surface area contributed by atoms with Crippen LogP contribution in [0, 0.1) is 6.92 Å². The number of nitrogens with one attached hydrogen (secondary N) is 1. The van der Waals surface area contributed by atoms with Gasteiger partial charge in [0.15, 0.2) is 5.82 Å². The first kappa shape index (κ1) is 26.7. The highest BCUT2D eigenvalue weighted by Gasteiger charge is 2.32. The summed E-state index contributed by atoms with van der Waals surface area (Å²) < 4.78 is 65.9.